The molecule has 0 amide bonds. The van der Waals surface area contributed by atoms with Gasteiger partial charge in [0.1, 0.15) is 0 Å². The summed E-state index contributed by atoms with van der Waals surface area (Å²) < 4.78 is 0. The van der Waals surface area contributed by atoms with Crippen molar-refractivity contribution in [2.24, 2.45) is 11.3 Å². The summed E-state index contributed by atoms with van der Waals surface area (Å²) in [5.74, 6) is 0.747. The predicted molar refractivity (Wildman–Crippen MR) is 68.6 cm³/mol. The Bertz CT molecular complexity index is 334. The quantitative estimate of drug-likeness (QED) is 0.757. The first-order chi connectivity index (χ1) is 7.62. The van der Waals surface area contributed by atoms with Crippen LogP contribution in [-0.2, 0) is 0 Å². The van der Waals surface area contributed by atoms with Crippen molar-refractivity contribution in [1.82, 2.24) is 4.98 Å². The highest BCUT2D eigenvalue weighted by molar-refractivity contribution is 5.45. The monoisotopic (exact) mass is 218 g/mol. The fourth-order valence-electron chi connectivity index (χ4n) is 2.51. The molecule has 1 aromatic rings. The van der Waals surface area contributed by atoms with Crippen LogP contribution in [-0.4, -0.2) is 18.1 Å². The summed E-state index contributed by atoms with van der Waals surface area (Å²) in [5, 5.41) is 0. The van der Waals surface area contributed by atoms with Crippen molar-refractivity contribution in [2.75, 3.05) is 18.0 Å². The summed E-state index contributed by atoms with van der Waals surface area (Å²) >= 11 is 0. The molecule has 2 nitrogen and oxygen atoms in total. The lowest BCUT2D eigenvalue weighted by Gasteiger charge is -2.44. The maximum atomic E-state index is 4.09. The van der Waals surface area contributed by atoms with Crippen molar-refractivity contribution < 1.29 is 0 Å². The highest BCUT2D eigenvalue weighted by atomic mass is 15.1. The van der Waals surface area contributed by atoms with Crippen LogP contribution in [0.15, 0.2) is 24.5 Å². The summed E-state index contributed by atoms with van der Waals surface area (Å²) in [5.41, 5.74) is 1.78. The third-order valence-corrected chi connectivity index (χ3v) is 4.15. The Morgan fingerprint density at radius 2 is 2.00 bits per heavy atom. The topological polar surface area (TPSA) is 16.1 Å². The van der Waals surface area contributed by atoms with E-state index >= 15 is 0 Å². The zero-order valence-electron chi connectivity index (χ0n) is 10.6. The molecule has 1 atom stereocenters. The number of piperidine rings is 1. The number of hydrogen-bond acceptors (Lipinski definition) is 2. The second kappa shape index (κ2) is 4.44. The van der Waals surface area contributed by atoms with Crippen molar-refractivity contribution >= 4 is 5.69 Å². The van der Waals surface area contributed by atoms with E-state index in [0.717, 1.165) is 5.92 Å². The molecule has 0 aromatic carbocycles. The summed E-state index contributed by atoms with van der Waals surface area (Å²) in [7, 11) is 0. The molecule has 1 aliphatic rings. The van der Waals surface area contributed by atoms with Crippen LogP contribution in [0.2, 0.25) is 0 Å². The summed E-state index contributed by atoms with van der Waals surface area (Å²) in [4.78, 5) is 6.59. The lowest BCUT2D eigenvalue weighted by Crippen LogP contribution is -2.44. The van der Waals surface area contributed by atoms with Gasteiger partial charge in [0.2, 0.25) is 0 Å². The van der Waals surface area contributed by atoms with Crippen molar-refractivity contribution in [3.63, 3.8) is 0 Å². The van der Waals surface area contributed by atoms with Gasteiger partial charge in [0.25, 0.3) is 0 Å². The molecule has 0 spiro atoms. The molecule has 0 bridgehead atoms. The van der Waals surface area contributed by atoms with E-state index in [4.69, 9.17) is 0 Å². The first-order valence-corrected chi connectivity index (χ1v) is 6.27. The molecule has 2 rings (SSSR count). The van der Waals surface area contributed by atoms with Crippen LogP contribution in [0.5, 0.6) is 0 Å². The SMILES string of the molecule is CC(C)C1(C)CCCN(c2ccncc2)C1. The van der Waals surface area contributed by atoms with Crippen LogP contribution >= 0.6 is 0 Å². The van der Waals surface area contributed by atoms with Gasteiger partial charge in [0, 0.05) is 31.2 Å². The molecule has 1 fully saturated rings. The van der Waals surface area contributed by atoms with Gasteiger partial charge in [0.15, 0.2) is 0 Å². The predicted octanol–water partition coefficient (Wildman–Crippen LogP) is 3.34. The molecule has 1 aliphatic heterocycles. The van der Waals surface area contributed by atoms with Gasteiger partial charge in [-0.05, 0) is 36.3 Å². The number of nitrogens with zero attached hydrogens (tertiary/aromatic N) is 2. The molecular weight excluding hydrogens is 196 g/mol. The molecule has 2 heteroatoms. The Hall–Kier alpha value is -1.05. The van der Waals surface area contributed by atoms with Crippen molar-refractivity contribution in [2.45, 2.75) is 33.6 Å². The molecule has 0 N–H and O–H groups in total. The van der Waals surface area contributed by atoms with Gasteiger partial charge in [-0.1, -0.05) is 20.8 Å². The van der Waals surface area contributed by atoms with E-state index in [2.05, 4.69) is 42.8 Å². The molecule has 88 valence electrons. The van der Waals surface area contributed by atoms with Crippen molar-refractivity contribution in [1.29, 1.82) is 0 Å². The van der Waals surface area contributed by atoms with Gasteiger partial charge in [-0.3, -0.25) is 4.98 Å². The van der Waals surface area contributed by atoms with Gasteiger partial charge < -0.3 is 4.90 Å². The van der Waals surface area contributed by atoms with Gasteiger partial charge >= 0.3 is 0 Å². The Kier molecular flexibility index (Phi) is 3.17. The lowest BCUT2D eigenvalue weighted by atomic mass is 9.73. The molecule has 0 saturated carbocycles. The van der Waals surface area contributed by atoms with E-state index in [9.17, 15) is 0 Å². The van der Waals surface area contributed by atoms with Crippen LogP contribution in [0.1, 0.15) is 33.6 Å². The van der Waals surface area contributed by atoms with Crippen molar-refractivity contribution in [3.05, 3.63) is 24.5 Å². The molecule has 16 heavy (non-hydrogen) atoms. The number of aromatic nitrogens is 1. The third-order valence-electron chi connectivity index (χ3n) is 4.15. The van der Waals surface area contributed by atoms with Crippen LogP contribution in [0.25, 0.3) is 0 Å². The molecule has 1 unspecified atom stereocenters. The van der Waals surface area contributed by atoms with E-state index in [1.54, 1.807) is 0 Å². The maximum absolute atomic E-state index is 4.09. The average molecular weight is 218 g/mol. The largest absolute Gasteiger partial charge is 0.371 e. The van der Waals surface area contributed by atoms with Gasteiger partial charge in [-0.25, -0.2) is 0 Å². The molecule has 2 heterocycles. The zero-order chi connectivity index (χ0) is 11.6. The standard InChI is InChI=1S/C14H22N2/c1-12(2)14(3)7-4-10-16(11-14)13-5-8-15-9-6-13/h5-6,8-9,12H,4,7,10-11H2,1-3H3. The molecule has 1 aromatic heterocycles. The second-order valence-corrected chi connectivity index (χ2v) is 5.54. The van der Waals surface area contributed by atoms with E-state index in [-0.39, 0.29) is 0 Å². The van der Waals surface area contributed by atoms with Crippen LogP contribution < -0.4 is 4.90 Å². The number of anilines is 1. The fourth-order valence-corrected chi connectivity index (χ4v) is 2.51. The second-order valence-electron chi connectivity index (χ2n) is 5.54. The number of pyridine rings is 1. The fraction of sp³-hybridized carbons (Fsp3) is 0.643. The molecular formula is C14H22N2. The van der Waals surface area contributed by atoms with Gasteiger partial charge in [-0.2, -0.15) is 0 Å². The minimum absolute atomic E-state index is 0.460. The van der Waals surface area contributed by atoms with Gasteiger partial charge in [-0.15, -0.1) is 0 Å². The summed E-state index contributed by atoms with van der Waals surface area (Å²) in [6.45, 7) is 9.47. The van der Waals surface area contributed by atoms with Crippen LogP contribution in [0, 0.1) is 11.3 Å². The van der Waals surface area contributed by atoms with Gasteiger partial charge in [0.05, 0.1) is 0 Å². The van der Waals surface area contributed by atoms with E-state index in [1.165, 1.54) is 31.6 Å². The smallest absolute Gasteiger partial charge is 0.0397 e. The Morgan fingerprint density at radius 1 is 1.31 bits per heavy atom. The minimum atomic E-state index is 0.460. The van der Waals surface area contributed by atoms with Crippen molar-refractivity contribution in [3.8, 4) is 0 Å². The van der Waals surface area contributed by atoms with Crippen LogP contribution in [0.3, 0.4) is 0 Å². The highest BCUT2D eigenvalue weighted by Gasteiger charge is 2.33. The average Bonchev–Trinajstić information content (AvgIpc) is 2.30. The lowest BCUT2D eigenvalue weighted by molar-refractivity contribution is 0.178. The third kappa shape index (κ3) is 2.21. The summed E-state index contributed by atoms with van der Waals surface area (Å²) in [6, 6.07) is 4.23. The van der Waals surface area contributed by atoms with E-state index in [1.807, 2.05) is 12.4 Å². The normalized spacial score (nSPS) is 26.1. The molecule has 0 radical (unpaired) electrons. The first kappa shape index (κ1) is 11.4. The van der Waals surface area contributed by atoms with E-state index < -0.39 is 0 Å². The minimum Gasteiger partial charge on any atom is -0.371 e. The molecule has 1 saturated heterocycles. The maximum Gasteiger partial charge on any atom is 0.0397 e. The van der Waals surface area contributed by atoms with E-state index in [0.29, 0.717) is 5.41 Å². The first-order valence-electron chi connectivity index (χ1n) is 6.27. The number of rotatable bonds is 2. The van der Waals surface area contributed by atoms with Crippen LogP contribution in [0.4, 0.5) is 5.69 Å². The highest BCUT2D eigenvalue weighted by Crippen LogP contribution is 2.37. The Balaban J connectivity index is 2.14. The molecule has 0 aliphatic carbocycles. The zero-order valence-corrected chi connectivity index (χ0v) is 10.6. The Morgan fingerprint density at radius 3 is 2.62 bits per heavy atom. The number of hydrogen-bond donors (Lipinski definition) is 0. The Labute approximate surface area is 98.7 Å². The summed E-state index contributed by atoms with van der Waals surface area (Å²) in [6.07, 6.45) is 6.43.